The Kier molecular flexibility index (Phi) is 8.21. The van der Waals surface area contributed by atoms with Gasteiger partial charge in [0.15, 0.2) is 0 Å². The summed E-state index contributed by atoms with van der Waals surface area (Å²) in [5.41, 5.74) is 8.21. The monoisotopic (exact) mass is 548 g/mol. The highest BCUT2D eigenvalue weighted by atomic mass is 16.5. The Balaban J connectivity index is 1.20. The number of aryl methyl sites for hydroxylation is 1. The lowest BCUT2D eigenvalue weighted by Crippen LogP contribution is -2.32. The molecule has 210 valence electrons. The summed E-state index contributed by atoms with van der Waals surface area (Å²) >= 11 is 0. The van der Waals surface area contributed by atoms with Crippen LogP contribution in [0.15, 0.2) is 79.0 Å². The highest BCUT2D eigenvalue weighted by molar-refractivity contribution is 5.74. The molecule has 8 heteroatoms. The fourth-order valence-electron chi connectivity index (χ4n) is 5.76. The molecule has 0 saturated heterocycles. The quantitative estimate of drug-likeness (QED) is 0.218. The molecular weight excluding hydrogens is 512 g/mol. The zero-order valence-corrected chi connectivity index (χ0v) is 23.6. The Hall–Kier alpha value is -4.27. The molecule has 0 bridgehead atoms. The molecule has 0 amide bonds. The molecule has 41 heavy (non-hydrogen) atoms. The molecule has 1 unspecified atom stereocenters. The number of H-pyrrole nitrogens is 1. The molecule has 6 rings (SSSR count). The summed E-state index contributed by atoms with van der Waals surface area (Å²) < 4.78 is 10.6. The van der Waals surface area contributed by atoms with Gasteiger partial charge in [-0.2, -0.15) is 4.98 Å². The second-order valence-corrected chi connectivity index (χ2v) is 10.5. The van der Waals surface area contributed by atoms with Crippen LogP contribution in [0.2, 0.25) is 0 Å². The lowest BCUT2D eigenvalue weighted by molar-refractivity contribution is 0.153. The zero-order chi connectivity index (χ0) is 28.0. The number of para-hydroxylation sites is 2. The van der Waals surface area contributed by atoms with E-state index < -0.39 is 0 Å². The first-order valence-electron chi connectivity index (χ1n) is 14.2. The number of nitrogens with one attached hydrogen (secondary N) is 2. The molecule has 1 aliphatic carbocycles. The molecule has 1 atom stereocenters. The fourth-order valence-corrected chi connectivity index (χ4v) is 5.76. The molecule has 2 aromatic carbocycles. The number of benzene rings is 2. The van der Waals surface area contributed by atoms with E-state index in [0.717, 1.165) is 61.3 Å². The third-order valence-corrected chi connectivity index (χ3v) is 7.69. The normalized spacial score (nSPS) is 14.8. The number of methoxy groups -OCH3 is 2. The summed E-state index contributed by atoms with van der Waals surface area (Å²) in [5, 5.41) is 3.55. The van der Waals surface area contributed by atoms with E-state index in [0.29, 0.717) is 18.3 Å². The molecule has 2 N–H and O–H groups in total. The molecule has 8 nitrogen and oxygen atoms in total. The van der Waals surface area contributed by atoms with Gasteiger partial charge in [-0.3, -0.25) is 9.88 Å². The van der Waals surface area contributed by atoms with E-state index in [1.807, 2.05) is 30.5 Å². The number of nitrogens with zero attached hydrogens (tertiary/aromatic N) is 4. The first-order chi connectivity index (χ1) is 20.2. The van der Waals surface area contributed by atoms with Crippen molar-refractivity contribution in [3.8, 4) is 11.8 Å². The van der Waals surface area contributed by atoms with Crippen LogP contribution in [-0.4, -0.2) is 39.1 Å². The number of hydrogen-bond donors (Lipinski definition) is 2. The van der Waals surface area contributed by atoms with Crippen LogP contribution in [0, 0.1) is 0 Å². The standard InChI is InChI=1S/C33H36N6O2/c1-40-31-17-25(18-32(38-31)41-2)20-34-19-23-8-5-9-24(16-23)21-39(22-30-36-27-12-3-4-13-28(27)37-30)29-14-6-10-26-11-7-15-35-33(26)29/h3-5,7-9,11-13,15-18,29,34H,6,10,14,19-22H2,1-2H3,(H,36,37). The van der Waals surface area contributed by atoms with Crippen LogP contribution in [0.3, 0.4) is 0 Å². The maximum Gasteiger partial charge on any atom is 0.216 e. The third-order valence-electron chi connectivity index (χ3n) is 7.69. The van der Waals surface area contributed by atoms with Gasteiger partial charge in [0, 0.05) is 38.0 Å². The lowest BCUT2D eigenvalue weighted by atomic mass is 9.90. The van der Waals surface area contributed by atoms with Crippen molar-refractivity contribution >= 4 is 11.0 Å². The second-order valence-electron chi connectivity index (χ2n) is 10.5. The van der Waals surface area contributed by atoms with Crippen LogP contribution in [0.4, 0.5) is 0 Å². The summed E-state index contributed by atoms with van der Waals surface area (Å²) in [6.45, 7) is 2.97. The topological polar surface area (TPSA) is 88.2 Å². The van der Waals surface area contributed by atoms with Gasteiger partial charge in [-0.1, -0.05) is 42.5 Å². The van der Waals surface area contributed by atoms with Crippen molar-refractivity contribution < 1.29 is 9.47 Å². The Morgan fingerprint density at radius 2 is 1.66 bits per heavy atom. The molecule has 0 radical (unpaired) electrons. The van der Waals surface area contributed by atoms with Gasteiger partial charge in [-0.05, 0) is 59.7 Å². The molecule has 3 heterocycles. The molecule has 0 spiro atoms. The van der Waals surface area contributed by atoms with Crippen molar-refractivity contribution in [2.75, 3.05) is 14.2 Å². The minimum absolute atomic E-state index is 0.242. The number of rotatable bonds is 11. The smallest absolute Gasteiger partial charge is 0.216 e. The molecular formula is C33H36N6O2. The van der Waals surface area contributed by atoms with Gasteiger partial charge < -0.3 is 19.8 Å². The van der Waals surface area contributed by atoms with Gasteiger partial charge in [0.25, 0.3) is 0 Å². The fraction of sp³-hybridized carbons (Fsp3) is 0.303. The van der Waals surface area contributed by atoms with Gasteiger partial charge in [0.1, 0.15) is 5.82 Å². The summed E-state index contributed by atoms with van der Waals surface area (Å²) in [6.07, 6.45) is 5.27. The van der Waals surface area contributed by atoms with Gasteiger partial charge in [-0.15, -0.1) is 0 Å². The Morgan fingerprint density at radius 1 is 0.854 bits per heavy atom. The van der Waals surface area contributed by atoms with Crippen molar-refractivity contribution in [1.29, 1.82) is 0 Å². The number of ether oxygens (including phenoxy) is 2. The highest BCUT2D eigenvalue weighted by Crippen LogP contribution is 2.35. The minimum Gasteiger partial charge on any atom is -0.481 e. The van der Waals surface area contributed by atoms with Crippen molar-refractivity contribution in [3.05, 3.63) is 113 Å². The zero-order valence-electron chi connectivity index (χ0n) is 23.6. The Bertz CT molecular complexity index is 1560. The number of fused-ring (bicyclic) bond motifs is 2. The number of hydrogen-bond acceptors (Lipinski definition) is 7. The maximum absolute atomic E-state index is 5.31. The van der Waals surface area contributed by atoms with E-state index >= 15 is 0 Å². The van der Waals surface area contributed by atoms with Crippen LogP contribution in [0.25, 0.3) is 11.0 Å². The Morgan fingerprint density at radius 3 is 2.49 bits per heavy atom. The second kappa shape index (κ2) is 12.5. The lowest BCUT2D eigenvalue weighted by Gasteiger charge is -2.34. The first kappa shape index (κ1) is 26.9. The van der Waals surface area contributed by atoms with E-state index in [4.69, 9.17) is 19.4 Å². The molecule has 3 aromatic heterocycles. The maximum atomic E-state index is 5.31. The van der Waals surface area contributed by atoms with Crippen LogP contribution in [-0.2, 0) is 32.6 Å². The molecule has 0 fully saturated rings. The summed E-state index contributed by atoms with van der Waals surface area (Å²) in [4.78, 5) is 20.1. The number of aromatic amines is 1. The first-order valence-corrected chi connectivity index (χ1v) is 14.2. The molecule has 1 aliphatic rings. The van der Waals surface area contributed by atoms with Crippen molar-refractivity contribution in [3.63, 3.8) is 0 Å². The van der Waals surface area contributed by atoms with E-state index in [1.165, 1.54) is 22.4 Å². The van der Waals surface area contributed by atoms with E-state index in [-0.39, 0.29) is 6.04 Å². The van der Waals surface area contributed by atoms with E-state index in [1.54, 1.807) is 14.2 Å². The summed E-state index contributed by atoms with van der Waals surface area (Å²) in [7, 11) is 3.23. The van der Waals surface area contributed by atoms with Crippen LogP contribution >= 0.6 is 0 Å². The average Bonchev–Trinajstić information content (AvgIpc) is 3.43. The van der Waals surface area contributed by atoms with Gasteiger partial charge >= 0.3 is 0 Å². The van der Waals surface area contributed by atoms with E-state index in [2.05, 4.69) is 68.7 Å². The minimum atomic E-state index is 0.242. The SMILES string of the molecule is COc1cc(CNCc2cccc(CN(Cc3nc4ccccc4[nH]3)C3CCCc4cccnc43)c2)cc(OC)n1. The molecule has 0 aliphatic heterocycles. The third kappa shape index (κ3) is 6.39. The van der Waals surface area contributed by atoms with Gasteiger partial charge in [0.2, 0.25) is 11.8 Å². The predicted octanol–water partition coefficient (Wildman–Crippen LogP) is 5.74. The average molecular weight is 549 g/mol. The number of aromatic nitrogens is 4. The van der Waals surface area contributed by atoms with Crippen LogP contribution in [0.1, 0.15) is 52.7 Å². The van der Waals surface area contributed by atoms with Crippen molar-refractivity contribution in [2.45, 2.75) is 51.5 Å². The summed E-state index contributed by atoms with van der Waals surface area (Å²) in [5.74, 6) is 2.08. The van der Waals surface area contributed by atoms with Crippen molar-refractivity contribution in [1.82, 2.24) is 30.2 Å². The van der Waals surface area contributed by atoms with Crippen LogP contribution in [0.5, 0.6) is 11.8 Å². The van der Waals surface area contributed by atoms with Crippen LogP contribution < -0.4 is 14.8 Å². The Labute approximate surface area is 240 Å². The van der Waals surface area contributed by atoms with Crippen molar-refractivity contribution in [2.24, 2.45) is 0 Å². The molecule has 5 aromatic rings. The largest absolute Gasteiger partial charge is 0.481 e. The van der Waals surface area contributed by atoms with Gasteiger partial charge in [0.05, 0.1) is 43.5 Å². The number of imidazole rings is 1. The van der Waals surface area contributed by atoms with E-state index in [9.17, 15) is 0 Å². The predicted molar refractivity (Wildman–Crippen MR) is 160 cm³/mol. The number of pyridine rings is 2. The van der Waals surface area contributed by atoms with Gasteiger partial charge in [-0.25, -0.2) is 4.98 Å². The molecule has 0 saturated carbocycles. The highest BCUT2D eigenvalue weighted by Gasteiger charge is 2.28. The summed E-state index contributed by atoms with van der Waals surface area (Å²) in [6, 6.07) is 25.5.